The van der Waals surface area contributed by atoms with Crippen LogP contribution in [0.2, 0.25) is 0 Å². The van der Waals surface area contributed by atoms with Crippen molar-refractivity contribution in [3.05, 3.63) is 11.6 Å². The van der Waals surface area contributed by atoms with Crippen molar-refractivity contribution in [1.29, 1.82) is 0 Å². The number of rotatable bonds is 6. The van der Waals surface area contributed by atoms with E-state index in [0.717, 1.165) is 5.57 Å². The highest BCUT2D eigenvalue weighted by molar-refractivity contribution is 5.94. The van der Waals surface area contributed by atoms with Gasteiger partial charge < -0.3 is 10.4 Å². The molecule has 0 radical (unpaired) electrons. The van der Waals surface area contributed by atoms with Crippen LogP contribution in [0.4, 0.5) is 4.79 Å². The number of carboxylic acids is 1. The third kappa shape index (κ3) is 9.82. The van der Waals surface area contributed by atoms with E-state index in [0.29, 0.717) is 6.54 Å². The molecule has 0 rings (SSSR count). The quantitative estimate of drug-likeness (QED) is 0.640. The predicted molar refractivity (Wildman–Crippen MR) is 71.6 cm³/mol. The normalized spacial score (nSPS) is 10.5. The third-order valence-electron chi connectivity index (χ3n) is 2.29. The Hall–Kier alpha value is -1.85. The van der Waals surface area contributed by atoms with Crippen LogP contribution in [0.25, 0.3) is 0 Å². The smallest absolute Gasteiger partial charge is 0.321 e. The van der Waals surface area contributed by atoms with Crippen LogP contribution in [0.1, 0.15) is 40.5 Å². The van der Waals surface area contributed by atoms with Gasteiger partial charge >= 0.3 is 12.0 Å². The van der Waals surface area contributed by atoms with Gasteiger partial charge in [0, 0.05) is 13.0 Å². The summed E-state index contributed by atoms with van der Waals surface area (Å²) in [5.74, 6) is -1.45. The SMILES string of the molecule is CC(C)=CCNC(=O)NC(=O)CC(C)(C)CC(=O)O. The van der Waals surface area contributed by atoms with Crippen LogP contribution in [0.5, 0.6) is 0 Å². The second kappa shape index (κ2) is 7.56. The zero-order chi connectivity index (χ0) is 15.1. The van der Waals surface area contributed by atoms with Gasteiger partial charge in [0.25, 0.3) is 0 Å². The lowest BCUT2D eigenvalue weighted by Gasteiger charge is -2.21. The first-order valence-corrected chi connectivity index (χ1v) is 6.05. The number of allylic oxidation sites excluding steroid dienone is 1. The Kier molecular flexibility index (Phi) is 6.82. The molecule has 0 atom stereocenters. The van der Waals surface area contributed by atoms with Gasteiger partial charge in [-0.2, -0.15) is 0 Å². The minimum Gasteiger partial charge on any atom is -0.481 e. The number of aliphatic carboxylic acids is 1. The maximum Gasteiger partial charge on any atom is 0.321 e. The molecule has 0 aromatic rings. The van der Waals surface area contributed by atoms with Crippen LogP contribution in [0.15, 0.2) is 11.6 Å². The summed E-state index contributed by atoms with van der Waals surface area (Å²) in [7, 11) is 0. The van der Waals surface area contributed by atoms with Crippen molar-refractivity contribution >= 4 is 17.9 Å². The Labute approximate surface area is 113 Å². The molecule has 108 valence electrons. The molecule has 0 aromatic heterocycles. The Bertz CT molecular complexity index is 382. The molecule has 0 fully saturated rings. The summed E-state index contributed by atoms with van der Waals surface area (Å²) in [6.07, 6.45) is 1.67. The van der Waals surface area contributed by atoms with E-state index in [1.54, 1.807) is 13.8 Å². The molecular weight excluding hydrogens is 248 g/mol. The van der Waals surface area contributed by atoms with Crippen molar-refractivity contribution < 1.29 is 19.5 Å². The largest absolute Gasteiger partial charge is 0.481 e. The van der Waals surface area contributed by atoms with Gasteiger partial charge in [0.2, 0.25) is 5.91 Å². The Morgan fingerprint density at radius 1 is 1.16 bits per heavy atom. The summed E-state index contributed by atoms with van der Waals surface area (Å²) >= 11 is 0. The molecule has 0 aliphatic rings. The molecule has 3 amide bonds. The fourth-order valence-corrected chi connectivity index (χ4v) is 1.47. The van der Waals surface area contributed by atoms with E-state index in [1.165, 1.54) is 0 Å². The molecule has 0 saturated carbocycles. The minimum atomic E-state index is -0.967. The molecule has 3 N–H and O–H groups in total. The first-order valence-electron chi connectivity index (χ1n) is 6.05. The van der Waals surface area contributed by atoms with E-state index < -0.39 is 23.3 Å². The first-order chi connectivity index (χ1) is 8.62. The summed E-state index contributed by atoms with van der Waals surface area (Å²) in [6, 6.07) is -0.575. The van der Waals surface area contributed by atoms with Crippen LogP contribution in [0, 0.1) is 5.41 Å². The molecule has 0 heterocycles. The lowest BCUT2D eigenvalue weighted by Crippen LogP contribution is -2.41. The maximum absolute atomic E-state index is 11.6. The Balaban J connectivity index is 4.13. The summed E-state index contributed by atoms with van der Waals surface area (Å²) in [5.41, 5.74) is 0.380. The van der Waals surface area contributed by atoms with Crippen molar-refractivity contribution in [2.45, 2.75) is 40.5 Å². The van der Waals surface area contributed by atoms with Gasteiger partial charge in [-0.05, 0) is 19.3 Å². The van der Waals surface area contributed by atoms with Crippen LogP contribution >= 0.6 is 0 Å². The number of amides is 3. The average molecular weight is 270 g/mol. The topological polar surface area (TPSA) is 95.5 Å². The summed E-state index contributed by atoms with van der Waals surface area (Å²) in [5, 5.41) is 13.4. The highest BCUT2D eigenvalue weighted by atomic mass is 16.4. The molecule has 0 aliphatic carbocycles. The fraction of sp³-hybridized carbons (Fsp3) is 0.615. The number of carboxylic acid groups (broad SMARTS) is 1. The highest BCUT2D eigenvalue weighted by Crippen LogP contribution is 2.24. The molecule has 19 heavy (non-hydrogen) atoms. The lowest BCUT2D eigenvalue weighted by molar-refractivity contribution is -0.139. The average Bonchev–Trinajstić information content (AvgIpc) is 2.12. The standard InChI is InChI=1S/C13H22N2O4/c1-9(2)5-6-14-12(19)15-10(16)7-13(3,4)8-11(17)18/h5H,6-8H2,1-4H3,(H,17,18)(H2,14,15,16,19). The van der Waals surface area contributed by atoms with Gasteiger partial charge in [-0.15, -0.1) is 0 Å². The monoisotopic (exact) mass is 270 g/mol. The summed E-state index contributed by atoms with van der Waals surface area (Å²) in [4.78, 5) is 33.5. The molecule has 6 heteroatoms. The highest BCUT2D eigenvalue weighted by Gasteiger charge is 2.25. The van der Waals surface area contributed by atoms with Crippen LogP contribution in [-0.4, -0.2) is 29.6 Å². The van der Waals surface area contributed by atoms with Crippen molar-refractivity contribution in [2.24, 2.45) is 5.41 Å². The second-order valence-corrected chi connectivity index (χ2v) is 5.45. The van der Waals surface area contributed by atoms with Crippen LogP contribution in [-0.2, 0) is 9.59 Å². The zero-order valence-electron chi connectivity index (χ0n) is 11.9. The van der Waals surface area contributed by atoms with Crippen molar-refractivity contribution in [3.8, 4) is 0 Å². The number of hydrogen-bond donors (Lipinski definition) is 3. The van der Waals surface area contributed by atoms with E-state index in [4.69, 9.17) is 5.11 Å². The molecule has 0 aliphatic heterocycles. The van der Waals surface area contributed by atoms with Crippen molar-refractivity contribution in [3.63, 3.8) is 0 Å². The molecule has 0 bridgehead atoms. The van der Waals surface area contributed by atoms with E-state index in [-0.39, 0.29) is 12.8 Å². The molecular formula is C13H22N2O4. The van der Waals surface area contributed by atoms with Crippen molar-refractivity contribution in [2.75, 3.05) is 6.54 Å². The maximum atomic E-state index is 11.6. The summed E-state index contributed by atoms with van der Waals surface area (Å²) < 4.78 is 0. The van der Waals surface area contributed by atoms with Crippen LogP contribution in [0.3, 0.4) is 0 Å². The van der Waals surface area contributed by atoms with Gasteiger partial charge in [-0.3, -0.25) is 14.9 Å². The number of carbonyl (C=O) groups excluding carboxylic acids is 2. The number of hydrogen-bond acceptors (Lipinski definition) is 3. The van der Waals surface area contributed by atoms with Crippen LogP contribution < -0.4 is 10.6 Å². The van der Waals surface area contributed by atoms with E-state index in [2.05, 4.69) is 10.6 Å². The number of urea groups is 1. The first kappa shape index (κ1) is 17.2. The van der Waals surface area contributed by atoms with E-state index in [9.17, 15) is 14.4 Å². The van der Waals surface area contributed by atoms with Gasteiger partial charge in [-0.1, -0.05) is 25.5 Å². The van der Waals surface area contributed by atoms with E-state index >= 15 is 0 Å². The van der Waals surface area contributed by atoms with Crippen molar-refractivity contribution in [1.82, 2.24) is 10.6 Å². The molecule has 6 nitrogen and oxygen atoms in total. The fourth-order valence-electron chi connectivity index (χ4n) is 1.47. The molecule has 0 saturated heterocycles. The Morgan fingerprint density at radius 3 is 2.21 bits per heavy atom. The second-order valence-electron chi connectivity index (χ2n) is 5.45. The zero-order valence-corrected chi connectivity index (χ0v) is 11.9. The van der Waals surface area contributed by atoms with Gasteiger partial charge in [-0.25, -0.2) is 4.79 Å². The number of carbonyl (C=O) groups is 3. The van der Waals surface area contributed by atoms with Gasteiger partial charge in [0.15, 0.2) is 0 Å². The molecule has 0 spiro atoms. The van der Waals surface area contributed by atoms with Gasteiger partial charge in [0.05, 0.1) is 6.42 Å². The minimum absolute atomic E-state index is 0.0185. The third-order valence-corrected chi connectivity index (χ3v) is 2.29. The molecule has 0 unspecified atom stereocenters. The molecule has 0 aromatic carbocycles. The summed E-state index contributed by atoms with van der Waals surface area (Å²) in [6.45, 7) is 7.49. The number of nitrogens with one attached hydrogen (secondary N) is 2. The van der Waals surface area contributed by atoms with E-state index in [1.807, 2.05) is 19.9 Å². The predicted octanol–water partition coefficient (Wildman–Crippen LogP) is 1.67. The lowest BCUT2D eigenvalue weighted by atomic mass is 9.85. The van der Waals surface area contributed by atoms with Gasteiger partial charge in [0.1, 0.15) is 0 Å². The number of imide groups is 1. The Morgan fingerprint density at radius 2 is 1.74 bits per heavy atom.